The van der Waals surface area contributed by atoms with Crippen molar-refractivity contribution in [3.05, 3.63) is 81.3 Å². The fourth-order valence-electron chi connectivity index (χ4n) is 3.34. The molecule has 1 aromatic carbocycles. The molecule has 0 N–H and O–H groups in total. The quantitative estimate of drug-likeness (QED) is 0.542. The van der Waals surface area contributed by atoms with E-state index in [1.165, 1.54) is 4.88 Å². The van der Waals surface area contributed by atoms with Crippen molar-refractivity contribution in [2.24, 2.45) is 7.05 Å². The molecule has 4 nitrogen and oxygen atoms in total. The third kappa shape index (κ3) is 4.78. The number of aryl methyl sites for hydroxylation is 2. The van der Waals surface area contributed by atoms with Crippen LogP contribution in [0.1, 0.15) is 34.3 Å². The molecule has 0 saturated heterocycles. The first-order chi connectivity index (χ1) is 13.5. The zero-order valence-corrected chi connectivity index (χ0v) is 17.7. The van der Waals surface area contributed by atoms with Crippen LogP contribution in [0.25, 0.3) is 6.08 Å². The third-order valence-electron chi connectivity index (χ3n) is 5.05. The van der Waals surface area contributed by atoms with Crippen LogP contribution in [0.15, 0.2) is 53.9 Å². The van der Waals surface area contributed by atoms with Gasteiger partial charge in [-0.3, -0.25) is 9.48 Å². The number of carbonyl (C=O) groups excluding carboxylic acids is 1. The average molecular weight is 394 g/mol. The molecule has 2 aromatic heterocycles. The molecule has 146 valence electrons. The number of amides is 1. The Bertz CT molecular complexity index is 942. The first-order valence-electron chi connectivity index (χ1n) is 9.51. The summed E-state index contributed by atoms with van der Waals surface area (Å²) in [6.45, 7) is 6.71. The summed E-state index contributed by atoms with van der Waals surface area (Å²) in [5.74, 6) is 0.0237. The zero-order chi connectivity index (χ0) is 20.1. The summed E-state index contributed by atoms with van der Waals surface area (Å²) in [6, 6.07) is 14.5. The molecule has 0 bridgehead atoms. The van der Waals surface area contributed by atoms with E-state index in [-0.39, 0.29) is 11.9 Å². The van der Waals surface area contributed by atoms with Crippen LogP contribution >= 0.6 is 11.3 Å². The molecule has 0 radical (unpaired) electrons. The van der Waals surface area contributed by atoms with Crippen molar-refractivity contribution >= 4 is 23.3 Å². The summed E-state index contributed by atoms with van der Waals surface area (Å²) >= 11 is 1.74. The average Bonchev–Trinajstić information content (AvgIpc) is 3.27. The number of hydrogen-bond acceptors (Lipinski definition) is 3. The molecular weight excluding hydrogens is 366 g/mol. The summed E-state index contributed by atoms with van der Waals surface area (Å²) in [7, 11) is 1.92. The van der Waals surface area contributed by atoms with Crippen LogP contribution in [-0.2, 0) is 24.8 Å². The Morgan fingerprint density at radius 1 is 1.21 bits per heavy atom. The van der Waals surface area contributed by atoms with Crippen molar-refractivity contribution in [3.8, 4) is 0 Å². The fourth-order valence-corrected chi connectivity index (χ4v) is 4.17. The van der Waals surface area contributed by atoms with E-state index in [0.29, 0.717) is 6.54 Å². The highest BCUT2D eigenvalue weighted by atomic mass is 32.1. The molecule has 2 heterocycles. The van der Waals surface area contributed by atoms with E-state index in [9.17, 15) is 4.79 Å². The second kappa shape index (κ2) is 9.02. The lowest BCUT2D eigenvalue weighted by molar-refractivity contribution is -0.128. The largest absolute Gasteiger partial charge is 0.332 e. The predicted octanol–water partition coefficient (Wildman–Crippen LogP) is 4.77. The fraction of sp³-hybridized carbons (Fsp3) is 0.304. The molecule has 1 unspecified atom stereocenters. The van der Waals surface area contributed by atoms with Gasteiger partial charge >= 0.3 is 0 Å². The minimum absolute atomic E-state index is 0.0237. The van der Waals surface area contributed by atoms with Gasteiger partial charge < -0.3 is 4.90 Å². The van der Waals surface area contributed by atoms with Gasteiger partial charge in [-0.15, -0.1) is 11.3 Å². The normalized spacial score (nSPS) is 12.4. The van der Waals surface area contributed by atoms with Crippen LogP contribution in [0, 0.1) is 13.8 Å². The van der Waals surface area contributed by atoms with E-state index in [2.05, 4.69) is 41.7 Å². The van der Waals surface area contributed by atoms with Gasteiger partial charge in [0.25, 0.3) is 0 Å². The van der Waals surface area contributed by atoms with Crippen molar-refractivity contribution in [1.29, 1.82) is 0 Å². The van der Waals surface area contributed by atoms with Crippen LogP contribution < -0.4 is 0 Å². The molecule has 1 atom stereocenters. The SMILES string of the molecule is Cc1nn(C)c(C)c1/C=C/C(=O)N(Cc1ccccc1)C(C)Cc1cccs1. The highest BCUT2D eigenvalue weighted by Crippen LogP contribution is 2.18. The summed E-state index contributed by atoms with van der Waals surface area (Å²) in [5.41, 5.74) is 4.14. The van der Waals surface area contributed by atoms with Gasteiger partial charge in [-0.2, -0.15) is 5.10 Å². The minimum Gasteiger partial charge on any atom is -0.332 e. The number of nitrogens with zero attached hydrogens (tertiary/aromatic N) is 3. The molecular formula is C23H27N3OS. The monoisotopic (exact) mass is 393 g/mol. The second-order valence-electron chi connectivity index (χ2n) is 7.13. The molecule has 28 heavy (non-hydrogen) atoms. The molecule has 0 fully saturated rings. The molecule has 0 saturated carbocycles. The zero-order valence-electron chi connectivity index (χ0n) is 16.9. The number of benzene rings is 1. The van der Waals surface area contributed by atoms with Gasteiger partial charge in [0.15, 0.2) is 0 Å². The van der Waals surface area contributed by atoms with E-state index < -0.39 is 0 Å². The molecule has 0 aliphatic heterocycles. The third-order valence-corrected chi connectivity index (χ3v) is 5.94. The Hall–Kier alpha value is -2.66. The van der Waals surface area contributed by atoms with E-state index in [4.69, 9.17) is 0 Å². The van der Waals surface area contributed by atoms with Gasteiger partial charge in [0.2, 0.25) is 5.91 Å². The van der Waals surface area contributed by atoms with Crippen LogP contribution in [0.4, 0.5) is 0 Å². The van der Waals surface area contributed by atoms with Crippen molar-refractivity contribution in [3.63, 3.8) is 0 Å². The second-order valence-corrected chi connectivity index (χ2v) is 8.16. The predicted molar refractivity (Wildman–Crippen MR) is 116 cm³/mol. The van der Waals surface area contributed by atoms with Gasteiger partial charge in [0.1, 0.15) is 0 Å². The van der Waals surface area contributed by atoms with E-state index in [1.54, 1.807) is 17.4 Å². The van der Waals surface area contributed by atoms with E-state index in [0.717, 1.165) is 28.9 Å². The smallest absolute Gasteiger partial charge is 0.247 e. The topological polar surface area (TPSA) is 38.1 Å². The maximum atomic E-state index is 13.1. The molecule has 5 heteroatoms. The van der Waals surface area contributed by atoms with Crippen molar-refractivity contribution in [2.75, 3.05) is 0 Å². The highest BCUT2D eigenvalue weighted by Gasteiger charge is 2.20. The lowest BCUT2D eigenvalue weighted by Gasteiger charge is -2.28. The summed E-state index contributed by atoms with van der Waals surface area (Å²) in [6.07, 6.45) is 4.44. The lowest BCUT2D eigenvalue weighted by atomic mass is 10.1. The summed E-state index contributed by atoms with van der Waals surface area (Å²) in [5, 5.41) is 6.51. The first-order valence-corrected chi connectivity index (χ1v) is 10.4. The number of rotatable bonds is 7. The van der Waals surface area contributed by atoms with Gasteiger partial charge in [0, 0.05) is 48.3 Å². The summed E-state index contributed by atoms with van der Waals surface area (Å²) in [4.78, 5) is 16.4. The molecule has 0 aliphatic carbocycles. The number of thiophene rings is 1. The van der Waals surface area contributed by atoms with E-state index >= 15 is 0 Å². The summed E-state index contributed by atoms with van der Waals surface area (Å²) < 4.78 is 1.85. The van der Waals surface area contributed by atoms with Gasteiger partial charge in [0.05, 0.1) is 5.69 Å². The van der Waals surface area contributed by atoms with Crippen LogP contribution in [-0.4, -0.2) is 26.6 Å². The van der Waals surface area contributed by atoms with Gasteiger partial charge in [-0.05, 0) is 43.9 Å². The van der Waals surface area contributed by atoms with Gasteiger partial charge in [-0.25, -0.2) is 0 Å². The Balaban J connectivity index is 1.82. The minimum atomic E-state index is 0.0237. The Kier molecular flexibility index (Phi) is 6.47. The maximum absolute atomic E-state index is 13.1. The molecule has 0 spiro atoms. The van der Waals surface area contributed by atoms with Gasteiger partial charge in [-0.1, -0.05) is 36.4 Å². The van der Waals surface area contributed by atoms with Crippen molar-refractivity contribution in [2.45, 2.75) is 39.8 Å². The van der Waals surface area contributed by atoms with Crippen LogP contribution in [0.3, 0.4) is 0 Å². The number of carbonyl (C=O) groups is 1. The molecule has 1 amide bonds. The van der Waals surface area contributed by atoms with Crippen LogP contribution in [0.2, 0.25) is 0 Å². The Labute approximate surface area is 171 Å². The van der Waals surface area contributed by atoms with Crippen LogP contribution in [0.5, 0.6) is 0 Å². The Morgan fingerprint density at radius 2 is 1.96 bits per heavy atom. The van der Waals surface area contributed by atoms with Crippen molar-refractivity contribution in [1.82, 2.24) is 14.7 Å². The maximum Gasteiger partial charge on any atom is 0.247 e. The molecule has 3 rings (SSSR count). The number of hydrogen-bond donors (Lipinski definition) is 0. The molecule has 0 aliphatic rings. The highest BCUT2D eigenvalue weighted by molar-refractivity contribution is 7.09. The first kappa shape index (κ1) is 20.1. The number of aromatic nitrogens is 2. The standard InChI is InChI=1S/C23H27N3OS/c1-17(15-21-11-8-14-28-21)26(16-20-9-6-5-7-10-20)23(27)13-12-22-18(2)24-25(4)19(22)3/h5-14,17H,15-16H2,1-4H3/b13-12+. The molecule has 3 aromatic rings. The van der Waals surface area contributed by atoms with E-state index in [1.807, 2.05) is 54.8 Å². The lowest BCUT2D eigenvalue weighted by Crippen LogP contribution is -2.38. The van der Waals surface area contributed by atoms with Crippen molar-refractivity contribution < 1.29 is 4.79 Å². The Morgan fingerprint density at radius 3 is 2.57 bits per heavy atom.